The summed E-state index contributed by atoms with van der Waals surface area (Å²) in [5, 5.41) is 3.37. The largest absolute Gasteiger partial charge is 0.441 e. The lowest BCUT2D eigenvalue weighted by molar-refractivity contribution is -0.0329. The van der Waals surface area contributed by atoms with Gasteiger partial charge in [-0.1, -0.05) is 0 Å². The van der Waals surface area contributed by atoms with Crippen molar-refractivity contribution in [3.63, 3.8) is 0 Å². The quantitative estimate of drug-likeness (QED) is 0.844. The molecule has 0 spiro atoms. The van der Waals surface area contributed by atoms with Crippen molar-refractivity contribution in [3.8, 4) is 0 Å². The molecule has 1 N–H and O–H groups in total. The van der Waals surface area contributed by atoms with Gasteiger partial charge in [0.2, 0.25) is 0 Å². The third-order valence-electron chi connectivity index (χ3n) is 4.14. The molecule has 0 aromatic rings. The van der Waals surface area contributed by atoms with Gasteiger partial charge in [-0.15, -0.1) is 0 Å². The summed E-state index contributed by atoms with van der Waals surface area (Å²) in [5.41, 5.74) is -4.07. The van der Waals surface area contributed by atoms with Crippen LogP contribution < -0.4 is 5.32 Å². The third-order valence-corrected chi connectivity index (χ3v) is 4.86. The summed E-state index contributed by atoms with van der Waals surface area (Å²) in [5.74, 6) is 1.33. The Hall–Kier alpha value is 0.0600. The van der Waals surface area contributed by atoms with Crippen molar-refractivity contribution in [2.45, 2.75) is 24.9 Å². The standard InChI is InChI=1S/C11H19F3N2S/c1-10(2)9-6-15-5-8(9)7-16(10)3-4-17-11(12,13)14/h8-9,15H,3-7H2,1-2H3. The Morgan fingerprint density at radius 2 is 2.06 bits per heavy atom. The SMILES string of the molecule is CC1(C)C2CNCC2CN1CCSC(F)(F)F. The first-order valence-electron chi connectivity index (χ1n) is 5.97. The van der Waals surface area contributed by atoms with Gasteiger partial charge in [-0.25, -0.2) is 0 Å². The molecule has 0 saturated carbocycles. The van der Waals surface area contributed by atoms with Crippen LogP contribution in [0.4, 0.5) is 13.2 Å². The molecule has 17 heavy (non-hydrogen) atoms. The maximum Gasteiger partial charge on any atom is 0.441 e. The number of halogens is 3. The topological polar surface area (TPSA) is 15.3 Å². The maximum atomic E-state index is 12.1. The average Bonchev–Trinajstić information content (AvgIpc) is 2.69. The fraction of sp³-hybridized carbons (Fsp3) is 1.00. The van der Waals surface area contributed by atoms with Crippen LogP contribution in [0.5, 0.6) is 0 Å². The number of alkyl halides is 3. The molecule has 0 amide bonds. The first-order valence-corrected chi connectivity index (χ1v) is 6.96. The second-order valence-corrected chi connectivity index (χ2v) is 6.58. The lowest BCUT2D eigenvalue weighted by Crippen LogP contribution is -2.45. The lowest BCUT2D eigenvalue weighted by atomic mass is 9.85. The van der Waals surface area contributed by atoms with Gasteiger partial charge in [-0.05, 0) is 44.0 Å². The van der Waals surface area contributed by atoms with E-state index in [-0.39, 0.29) is 23.1 Å². The van der Waals surface area contributed by atoms with Crippen molar-refractivity contribution < 1.29 is 13.2 Å². The van der Waals surface area contributed by atoms with E-state index in [0.717, 1.165) is 19.6 Å². The van der Waals surface area contributed by atoms with Crippen LogP contribution in [0.2, 0.25) is 0 Å². The summed E-state index contributed by atoms with van der Waals surface area (Å²) in [4.78, 5) is 2.22. The van der Waals surface area contributed by atoms with Gasteiger partial charge in [-0.3, -0.25) is 4.90 Å². The monoisotopic (exact) mass is 268 g/mol. The van der Waals surface area contributed by atoms with Crippen molar-refractivity contribution in [2.24, 2.45) is 11.8 Å². The molecule has 2 atom stereocenters. The van der Waals surface area contributed by atoms with E-state index >= 15 is 0 Å². The van der Waals surface area contributed by atoms with Crippen LogP contribution in [0.1, 0.15) is 13.8 Å². The summed E-state index contributed by atoms with van der Waals surface area (Å²) >= 11 is 0.0919. The highest BCUT2D eigenvalue weighted by Crippen LogP contribution is 2.41. The number of thioether (sulfide) groups is 1. The molecule has 0 radical (unpaired) electrons. The van der Waals surface area contributed by atoms with Crippen molar-refractivity contribution in [3.05, 3.63) is 0 Å². The minimum absolute atomic E-state index is 0.0281. The van der Waals surface area contributed by atoms with E-state index in [1.54, 1.807) is 0 Å². The summed E-state index contributed by atoms with van der Waals surface area (Å²) in [6.07, 6.45) is 0. The number of nitrogens with one attached hydrogen (secondary N) is 1. The fourth-order valence-corrected chi connectivity index (χ4v) is 3.70. The summed E-state index contributed by atoms with van der Waals surface area (Å²) in [6.45, 7) is 7.79. The molecular weight excluding hydrogens is 249 g/mol. The van der Waals surface area contributed by atoms with Crippen LogP contribution in [-0.4, -0.2) is 47.9 Å². The van der Waals surface area contributed by atoms with Gasteiger partial charge in [0, 0.05) is 30.9 Å². The Morgan fingerprint density at radius 1 is 1.35 bits per heavy atom. The van der Waals surface area contributed by atoms with E-state index in [4.69, 9.17) is 0 Å². The summed E-state index contributed by atoms with van der Waals surface area (Å²) < 4.78 is 36.3. The zero-order valence-corrected chi connectivity index (χ0v) is 11.0. The first-order chi connectivity index (χ1) is 7.81. The van der Waals surface area contributed by atoms with Gasteiger partial charge in [0.05, 0.1) is 0 Å². The Balaban J connectivity index is 1.86. The molecule has 0 aromatic heterocycles. The summed E-state index contributed by atoms with van der Waals surface area (Å²) in [7, 11) is 0. The predicted molar refractivity (Wildman–Crippen MR) is 64.0 cm³/mol. The molecule has 2 nitrogen and oxygen atoms in total. The Morgan fingerprint density at radius 3 is 2.65 bits per heavy atom. The predicted octanol–water partition coefficient (Wildman–Crippen LogP) is 2.17. The Labute approximate surface area is 104 Å². The van der Waals surface area contributed by atoms with Gasteiger partial charge in [0.15, 0.2) is 0 Å². The molecule has 0 aromatic carbocycles. The van der Waals surface area contributed by atoms with Gasteiger partial charge in [0.1, 0.15) is 0 Å². The highest BCUT2D eigenvalue weighted by atomic mass is 32.2. The number of fused-ring (bicyclic) bond motifs is 1. The van der Waals surface area contributed by atoms with Crippen LogP contribution in [0.15, 0.2) is 0 Å². The van der Waals surface area contributed by atoms with E-state index in [0.29, 0.717) is 18.4 Å². The molecule has 2 heterocycles. The lowest BCUT2D eigenvalue weighted by Gasteiger charge is -2.35. The highest BCUT2D eigenvalue weighted by Gasteiger charge is 2.49. The number of nitrogens with zero attached hydrogens (tertiary/aromatic N) is 1. The molecule has 2 fully saturated rings. The minimum Gasteiger partial charge on any atom is -0.316 e. The molecule has 2 rings (SSSR count). The van der Waals surface area contributed by atoms with E-state index in [9.17, 15) is 13.2 Å². The third kappa shape index (κ3) is 2.90. The molecular formula is C11H19F3N2S. The Kier molecular flexibility index (Phi) is 3.67. The van der Waals surface area contributed by atoms with Gasteiger partial charge >= 0.3 is 5.51 Å². The smallest absolute Gasteiger partial charge is 0.316 e. The normalized spacial score (nSPS) is 33.0. The summed E-state index contributed by atoms with van der Waals surface area (Å²) in [6, 6.07) is 0. The van der Waals surface area contributed by atoms with Crippen molar-refractivity contribution >= 4 is 11.8 Å². The Bertz CT molecular complexity index is 280. The molecule has 0 bridgehead atoms. The minimum atomic E-state index is -4.10. The van der Waals surface area contributed by atoms with Crippen molar-refractivity contribution in [2.75, 3.05) is 31.9 Å². The van der Waals surface area contributed by atoms with Gasteiger partial charge < -0.3 is 5.32 Å². The van der Waals surface area contributed by atoms with E-state index in [1.807, 2.05) is 0 Å². The van der Waals surface area contributed by atoms with Crippen molar-refractivity contribution in [1.29, 1.82) is 0 Å². The number of rotatable bonds is 3. The van der Waals surface area contributed by atoms with E-state index in [1.165, 1.54) is 0 Å². The molecule has 2 aliphatic heterocycles. The number of likely N-dealkylation sites (tertiary alicyclic amines) is 1. The number of hydrogen-bond acceptors (Lipinski definition) is 3. The average molecular weight is 268 g/mol. The second-order valence-electron chi connectivity index (χ2n) is 5.42. The molecule has 6 heteroatoms. The van der Waals surface area contributed by atoms with Crippen molar-refractivity contribution in [1.82, 2.24) is 10.2 Å². The zero-order chi connectivity index (χ0) is 12.7. The maximum absolute atomic E-state index is 12.1. The number of hydrogen-bond donors (Lipinski definition) is 1. The molecule has 2 saturated heterocycles. The van der Waals surface area contributed by atoms with E-state index < -0.39 is 5.51 Å². The zero-order valence-electron chi connectivity index (χ0n) is 10.2. The molecule has 0 aliphatic carbocycles. The van der Waals surface area contributed by atoms with Crippen LogP contribution in [0, 0.1) is 11.8 Å². The molecule has 2 aliphatic rings. The second kappa shape index (κ2) is 4.63. The molecule has 100 valence electrons. The van der Waals surface area contributed by atoms with Crippen LogP contribution in [0.3, 0.4) is 0 Å². The fourth-order valence-electron chi connectivity index (χ4n) is 3.16. The van der Waals surface area contributed by atoms with Crippen LogP contribution in [0.25, 0.3) is 0 Å². The van der Waals surface area contributed by atoms with Gasteiger partial charge in [-0.2, -0.15) is 13.2 Å². The highest BCUT2D eigenvalue weighted by molar-refractivity contribution is 8.00. The van der Waals surface area contributed by atoms with Gasteiger partial charge in [0.25, 0.3) is 0 Å². The van der Waals surface area contributed by atoms with Crippen LogP contribution in [-0.2, 0) is 0 Å². The van der Waals surface area contributed by atoms with Crippen LogP contribution >= 0.6 is 11.8 Å². The molecule has 2 unspecified atom stereocenters. The van der Waals surface area contributed by atoms with E-state index in [2.05, 4.69) is 24.1 Å². The first kappa shape index (κ1) is 13.5.